The predicted octanol–water partition coefficient (Wildman–Crippen LogP) is 4.70. The number of aryl methyl sites for hydroxylation is 1. The first-order valence-corrected chi connectivity index (χ1v) is 9.53. The number of carbonyl (C=O) groups is 1. The summed E-state index contributed by atoms with van der Waals surface area (Å²) in [4.78, 5) is 17.4. The summed E-state index contributed by atoms with van der Waals surface area (Å²) in [7, 11) is 0. The number of hydrogen-bond acceptors (Lipinski definition) is 4. The number of thiazole rings is 1. The number of fused-ring (bicyclic) bond motifs is 2. The van der Waals surface area contributed by atoms with Crippen molar-refractivity contribution in [2.45, 2.75) is 25.7 Å². The van der Waals surface area contributed by atoms with Crippen molar-refractivity contribution in [2.75, 3.05) is 0 Å². The number of Topliss-reactive ketones (excluding diaryl/α,β-unsaturated/α-hetero) is 1. The van der Waals surface area contributed by atoms with E-state index in [1.54, 1.807) is 17.5 Å². The largest absolute Gasteiger partial charge is 0.294 e. The maximum atomic E-state index is 12.7. The zero-order chi connectivity index (χ0) is 17.7. The van der Waals surface area contributed by atoms with Crippen molar-refractivity contribution in [3.63, 3.8) is 0 Å². The van der Waals surface area contributed by atoms with Crippen LogP contribution >= 0.6 is 11.3 Å². The number of aromatic nitrogens is 3. The molecule has 128 valence electrons. The smallest absolute Gasteiger partial charge is 0.211 e. The van der Waals surface area contributed by atoms with Gasteiger partial charge >= 0.3 is 0 Å². The topological polar surface area (TPSA) is 47.8 Å². The highest BCUT2D eigenvalue weighted by Gasteiger charge is 2.30. The maximum absolute atomic E-state index is 12.7. The van der Waals surface area contributed by atoms with Crippen LogP contribution in [0.3, 0.4) is 0 Å². The Balaban J connectivity index is 1.57. The molecular formula is C21H17N3OS. The van der Waals surface area contributed by atoms with Crippen molar-refractivity contribution < 1.29 is 4.79 Å². The molecule has 0 radical (unpaired) electrons. The summed E-state index contributed by atoms with van der Waals surface area (Å²) in [5.41, 5.74) is 5.13. The van der Waals surface area contributed by atoms with E-state index in [0.717, 1.165) is 33.0 Å². The summed E-state index contributed by atoms with van der Waals surface area (Å²) in [5.74, 6) is 0.365. The highest BCUT2D eigenvalue weighted by Crippen LogP contribution is 2.35. The number of ketones is 1. The molecule has 1 aliphatic rings. The third-order valence-corrected chi connectivity index (χ3v) is 6.07. The molecule has 0 spiro atoms. The van der Waals surface area contributed by atoms with Gasteiger partial charge in [0.2, 0.25) is 5.13 Å². The summed E-state index contributed by atoms with van der Waals surface area (Å²) >= 11 is 1.61. The highest BCUT2D eigenvalue weighted by molar-refractivity contribution is 7.20. The average molecular weight is 359 g/mol. The maximum Gasteiger partial charge on any atom is 0.211 e. The van der Waals surface area contributed by atoms with Crippen LogP contribution in [-0.2, 0) is 6.42 Å². The Morgan fingerprint density at radius 3 is 2.69 bits per heavy atom. The van der Waals surface area contributed by atoms with E-state index in [4.69, 9.17) is 4.98 Å². The Morgan fingerprint density at radius 2 is 1.88 bits per heavy atom. The first-order chi connectivity index (χ1) is 12.7. The van der Waals surface area contributed by atoms with Crippen LogP contribution in [0.2, 0.25) is 0 Å². The van der Waals surface area contributed by atoms with Gasteiger partial charge in [-0.3, -0.25) is 4.79 Å². The molecule has 5 heteroatoms. The van der Waals surface area contributed by atoms with Gasteiger partial charge in [-0.25, -0.2) is 9.67 Å². The fourth-order valence-corrected chi connectivity index (χ4v) is 4.58. The molecule has 5 rings (SSSR count). The minimum absolute atomic E-state index is 0.171. The third-order valence-electron chi connectivity index (χ3n) is 5.05. The monoisotopic (exact) mass is 359 g/mol. The molecule has 26 heavy (non-hydrogen) atoms. The van der Waals surface area contributed by atoms with E-state index < -0.39 is 0 Å². The predicted molar refractivity (Wildman–Crippen MR) is 103 cm³/mol. The van der Waals surface area contributed by atoms with Gasteiger partial charge < -0.3 is 0 Å². The summed E-state index contributed by atoms with van der Waals surface area (Å²) in [6.45, 7) is 2.08. The molecule has 0 unspecified atom stereocenters. The lowest BCUT2D eigenvalue weighted by Crippen LogP contribution is -2.20. The second kappa shape index (κ2) is 5.88. The van der Waals surface area contributed by atoms with Gasteiger partial charge in [-0.2, -0.15) is 5.10 Å². The summed E-state index contributed by atoms with van der Waals surface area (Å²) in [5, 5.41) is 5.32. The molecule has 0 aliphatic heterocycles. The molecule has 2 aromatic carbocycles. The van der Waals surface area contributed by atoms with E-state index in [9.17, 15) is 4.79 Å². The van der Waals surface area contributed by atoms with Crippen LogP contribution in [0.5, 0.6) is 0 Å². The molecule has 0 bridgehead atoms. The molecule has 0 N–H and O–H groups in total. The normalized spacial score (nSPS) is 16.8. The molecule has 4 aromatic rings. The molecule has 0 saturated heterocycles. The zero-order valence-corrected chi connectivity index (χ0v) is 15.2. The first kappa shape index (κ1) is 15.5. The number of para-hydroxylation sites is 1. The van der Waals surface area contributed by atoms with Gasteiger partial charge in [-0.1, -0.05) is 53.3 Å². The van der Waals surface area contributed by atoms with Gasteiger partial charge in [0.05, 0.1) is 27.7 Å². The Kier molecular flexibility index (Phi) is 3.50. The second-order valence-corrected chi connectivity index (χ2v) is 7.83. The van der Waals surface area contributed by atoms with Gasteiger partial charge in [0.25, 0.3) is 0 Å². The minimum atomic E-state index is 0.171. The fraction of sp³-hybridized carbons (Fsp3) is 0.190. The van der Waals surface area contributed by atoms with Crippen molar-refractivity contribution >= 4 is 27.3 Å². The molecule has 4 nitrogen and oxygen atoms in total. The van der Waals surface area contributed by atoms with Gasteiger partial charge in [-0.15, -0.1) is 0 Å². The molecule has 2 aromatic heterocycles. The zero-order valence-electron chi connectivity index (χ0n) is 14.3. The van der Waals surface area contributed by atoms with Crippen LogP contribution < -0.4 is 0 Å². The van der Waals surface area contributed by atoms with E-state index in [0.29, 0.717) is 6.42 Å². The molecule has 1 atom stereocenters. The number of rotatable bonds is 2. The van der Waals surface area contributed by atoms with E-state index in [1.807, 2.05) is 22.9 Å². The number of hydrogen-bond donors (Lipinski definition) is 0. The van der Waals surface area contributed by atoms with Crippen molar-refractivity contribution in [3.8, 4) is 5.13 Å². The van der Waals surface area contributed by atoms with Gasteiger partial charge in [0.15, 0.2) is 5.78 Å². The van der Waals surface area contributed by atoms with Crippen molar-refractivity contribution in [1.82, 2.24) is 14.8 Å². The molecule has 1 aliphatic carbocycles. The lowest BCUT2D eigenvalue weighted by Gasteiger charge is -2.22. The lowest BCUT2D eigenvalue weighted by molar-refractivity contribution is 0.0964. The third kappa shape index (κ3) is 2.47. The van der Waals surface area contributed by atoms with Crippen LogP contribution in [-0.4, -0.2) is 20.5 Å². The first-order valence-electron chi connectivity index (χ1n) is 8.71. The molecule has 0 fully saturated rings. The summed E-state index contributed by atoms with van der Waals surface area (Å²) in [6.07, 6.45) is 3.05. The fourth-order valence-electron chi connectivity index (χ4n) is 3.63. The van der Waals surface area contributed by atoms with Crippen molar-refractivity contribution in [2.24, 2.45) is 0 Å². The standard InChI is InChI=1S/C21H17N3OS/c1-13-6-8-14(9-7-13)15-10-18-16(19(25)11-15)12-22-24(18)21-23-17-4-2-3-5-20(17)26-21/h2-9,12,15H,10-11H2,1H3/t15-/m0/s1. The number of carbonyl (C=O) groups excluding carboxylic acids is 1. The van der Waals surface area contributed by atoms with Gasteiger partial charge in [0, 0.05) is 6.42 Å². The number of nitrogens with zero attached hydrogens (tertiary/aromatic N) is 3. The SMILES string of the molecule is Cc1ccc([C@@H]2CC(=O)c3cnn(-c4nc5ccccc5s4)c3C2)cc1. The molecule has 2 heterocycles. The van der Waals surface area contributed by atoms with E-state index in [1.165, 1.54) is 11.1 Å². The Labute approximate surface area is 155 Å². The van der Waals surface area contributed by atoms with Crippen LogP contribution in [0, 0.1) is 6.92 Å². The van der Waals surface area contributed by atoms with Crippen LogP contribution in [0.15, 0.2) is 54.7 Å². The Hall–Kier alpha value is -2.79. The van der Waals surface area contributed by atoms with Crippen LogP contribution in [0.4, 0.5) is 0 Å². The van der Waals surface area contributed by atoms with Crippen LogP contribution in [0.1, 0.15) is 39.5 Å². The molecule has 0 saturated carbocycles. The summed E-state index contributed by atoms with van der Waals surface area (Å²) < 4.78 is 2.99. The minimum Gasteiger partial charge on any atom is -0.294 e. The molecule has 0 amide bonds. The Morgan fingerprint density at radius 1 is 1.08 bits per heavy atom. The lowest BCUT2D eigenvalue weighted by atomic mass is 9.82. The molecular weight excluding hydrogens is 342 g/mol. The quantitative estimate of drug-likeness (QED) is 0.521. The van der Waals surface area contributed by atoms with E-state index in [2.05, 4.69) is 42.4 Å². The van der Waals surface area contributed by atoms with Gasteiger partial charge in [-0.05, 0) is 37.0 Å². The second-order valence-electron chi connectivity index (χ2n) is 6.82. The van der Waals surface area contributed by atoms with Gasteiger partial charge in [0.1, 0.15) is 0 Å². The average Bonchev–Trinajstić information content (AvgIpc) is 3.26. The van der Waals surface area contributed by atoms with E-state index >= 15 is 0 Å². The van der Waals surface area contributed by atoms with Crippen LogP contribution in [0.25, 0.3) is 15.3 Å². The number of benzene rings is 2. The highest BCUT2D eigenvalue weighted by atomic mass is 32.1. The van der Waals surface area contributed by atoms with E-state index in [-0.39, 0.29) is 11.7 Å². The van der Waals surface area contributed by atoms with Crippen molar-refractivity contribution in [1.29, 1.82) is 0 Å². The Bertz CT molecular complexity index is 1090. The van der Waals surface area contributed by atoms with Crippen molar-refractivity contribution in [3.05, 3.63) is 77.1 Å². The summed E-state index contributed by atoms with van der Waals surface area (Å²) in [6, 6.07) is 16.6.